The zero-order valence-electron chi connectivity index (χ0n) is 10.4. The van der Waals surface area contributed by atoms with E-state index in [1.807, 2.05) is 38.2 Å². The molecule has 0 radical (unpaired) electrons. The molecule has 1 heterocycles. The van der Waals surface area contributed by atoms with Crippen LogP contribution in [-0.4, -0.2) is 9.55 Å². The number of aromatic nitrogens is 2. The number of ether oxygens (including phenoxy) is 1. The molecule has 0 amide bonds. The van der Waals surface area contributed by atoms with Crippen LogP contribution in [0.4, 0.5) is 0 Å². The van der Waals surface area contributed by atoms with Crippen molar-refractivity contribution in [3.8, 4) is 5.75 Å². The van der Waals surface area contributed by atoms with Crippen molar-refractivity contribution in [1.29, 1.82) is 0 Å². The molecular weight excluding hydrogens is 250 g/mol. The van der Waals surface area contributed by atoms with E-state index in [-0.39, 0.29) is 6.04 Å². The fourth-order valence-electron chi connectivity index (χ4n) is 1.57. The summed E-state index contributed by atoms with van der Waals surface area (Å²) in [5, 5.41) is 0.598. The molecule has 1 atom stereocenters. The number of benzene rings is 1. The van der Waals surface area contributed by atoms with Gasteiger partial charge in [0.1, 0.15) is 23.3 Å². The van der Waals surface area contributed by atoms with Crippen LogP contribution in [0.15, 0.2) is 30.5 Å². The van der Waals surface area contributed by atoms with Crippen molar-refractivity contribution in [3.63, 3.8) is 0 Å². The number of nitrogens with two attached hydrogens (primary N) is 1. The van der Waals surface area contributed by atoms with Gasteiger partial charge in [-0.25, -0.2) is 4.98 Å². The standard InChI is InChI=1S/C13H16ClN3O/c1-9(15)10-3-5-11(6-4-10)18-8-13-16-7-12(14)17(13)2/h3-7,9H,8,15H2,1-2H3/t9-/m1/s1. The lowest BCUT2D eigenvalue weighted by molar-refractivity contribution is 0.291. The van der Waals surface area contributed by atoms with Crippen LogP contribution in [0.1, 0.15) is 24.4 Å². The number of rotatable bonds is 4. The summed E-state index contributed by atoms with van der Waals surface area (Å²) in [5.74, 6) is 1.58. The molecule has 2 N–H and O–H groups in total. The van der Waals surface area contributed by atoms with Crippen LogP contribution in [-0.2, 0) is 13.7 Å². The second-order valence-corrected chi connectivity index (χ2v) is 4.59. The molecule has 0 spiro atoms. The van der Waals surface area contributed by atoms with E-state index in [4.69, 9.17) is 22.1 Å². The molecular formula is C13H16ClN3O. The lowest BCUT2D eigenvalue weighted by atomic mass is 10.1. The molecule has 0 saturated carbocycles. The van der Waals surface area contributed by atoms with Gasteiger partial charge in [-0.3, -0.25) is 0 Å². The Morgan fingerprint density at radius 3 is 2.56 bits per heavy atom. The Morgan fingerprint density at radius 2 is 2.06 bits per heavy atom. The Morgan fingerprint density at radius 1 is 1.39 bits per heavy atom. The Labute approximate surface area is 111 Å². The molecule has 0 aliphatic rings. The molecule has 0 aliphatic heterocycles. The van der Waals surface area contributed by atoms with Crippen LogP contribution in [0.25, 0.3) is 0 Å². The summed E-state index contributed by atoms with van der Waals surface area (Å²) < 4.78 is 7.43. The second-order valence-electron chi connectivity index (χ2n) is 4.20. The van der Waals surface area contributed by atoms with E-state index >= 15 is 0 Å². The number of halogens is 1. The molecule has 1 aromatic carbocycles. The van der Waals surface area contributed by atoms with E-state index in [0.717, 1.165) is 17.1 Å². The summed E-state index contributed by atoms with van der Waals surface area (Å²) in [5.41, 5.74) is 6.87. The summed E-state index contributed by atoms with van der Waals surface area (Å²) in [7, 11) is 1.85. The van der Waals surface area contributed by atoms with E-state index in [2.05, 4.69) is 4.98 Å². The summed E-state index contributed by atoms with van der Waals surface area (Å²) in [6.07, 6.45) is 1.61. The van der Waals surface area contributed by atoms with E-state index in [1.54, 1.807) is 10.8 Å². The number of hydrogen-bond donors (Lipinski definition) is 1. The van der Waals surface area contributed by atoms with E-state index in [0.29, 0.717) is 11.8 Å². The molecule has 4 nitrogen and oxygen atoms in total. The van der Waals surface area contributed by atoms with Crippen LogP contribution in [0.2, 0.25) is 5.15 Å². The van der Waals surface area contributed by atoms with Crippen molar-refractivity contribution in [3.05, 3.63) is 47.0 Å². The van der Waals surface area contributed by atoms with Gasteiger partial charge in [-0.2, -0.15) is 0 Å². The Hall–Kier alpha value is -1.52. The highest BCUT2D eigenvalue weighted by Crippen LogP contribution is 2.17. The van der Waals surface area contributed by atoms with Crippen LogP contribution in [0.5, 0.6) is 5.75 Å². The highest BCUT2D eigenvalue weighted by Gasteiger charge is 2.05. The van der Waals surface area contributed by atoms with Crippen molar-refractivity contribution < 1.29 is 4.74 Å². The molecule has 2 aromatic rings. The minimum atomic E-state index is 0.0346. The zero-order valence-corrected chi connectivity index (χ0v) is 11.2. The molecule has 2 rings (SSSR count). The first-order valence-electron chi connectivity index (χ1n) is 5.72. The largest absolute Gasteiger partial charge is 0.486 e. The summed E-state index contributed by atoms with van der Waals surface area (Å²) in [6.45, 7) is 2.34. The maximum Gasteiger partial charge on any atom is 0.147 e. The Kier molecular flexibility index (Phi) is 3.89. The van der Waals surface area contributed by atoms with Crippen LogP contribution < -0.4 is 10.5 Å². The van der Waals surface area contributed by atoms with Crippen molar-refractivity contribution in [2.24, 2.45) is 12.8 Å². The number of nitrogens with zero attached hydrogens (tertiary/aromatic N) is 2. The predicted molar refractivity (Wildman–Crippen MR) is 71.6 cm³/mol. The summed E-state index contributed by atoms with van der Waals surface area (Å²) >= 11 is 5.90. The SMILES string of the molecule is C[C@@H](N)c1ccc(OCc2ncc(Cl)n2C)cc1. The second kappa shape index (κ2) is 5.42. The number of hydrogen-bond acceptors (Lipinski definition) is 3. The molecule has 0 saturated heterocycles. The molecule has 0 unspecified atom stereocenters. The molecule has 0 fully saturated rings. The van der Waals surface area contributed by atoms with E-state index in [1.165, 1.54) is 0 Å². The van der Waals surface area contributed by atoms with Crippen molar-refractivity contribution in [2.75, 3.05) is 0 Å². The average Bonchev–Trinajstić information content (AvgIpc) is 2.68. The minimum Gasteiger partial charge on any atom is -0.486 e. The third kappa shape index (κ3) is 2.83. The lowest BCUT2D eigenvalue weighted by Crippen LogP contribution is -2.05. The lowest BCUT2D eigenvalue weighted by Gasteiger charge is -2.09. The monoisotopic (exact) mass is 265 g/mol. The molecule has 96 valence electrons. The Bertz CT molecular complexity index is 520. The third-order valence-electron chi connectivity index (χ3n) is 2.80. The van der Waals surface area contributed by atoms with Crippen LogP contribution >= 0.6 is 11.6 Å². The van der Waals surface area contributed by atoms with E-state index in [9.17, 15) is 0 Å². The van der Waals surface area contributed by atoms with Gasteiger partial charge in [0, 0.05) is 13.1 Å². The molecule has 18 heavy (non-hydrogen) atoms. The van der Waals surface area contributed by atoms with Crippen LogP contribution in [0.3, 0.4) is 0 Å². The van der Waals surface area contributed by atoms with Gasteiger partial charge in [-0.1, -0.05) is 23.7 Å². The van der Waals surface area contributed by atoms with Crippen LogP contribution in [0, 0.1) is 0 Å². The first-order valence-corrected chi connectivity index (χ1v) is 6.10. The Balaban J connectivity index is 2.00. The first-order chi connectivity index (χ1) is 8.58. The van der Waals surface area contributed by atoms with Gasteiger partial charge in [-0.05, 0) is 24.6 Å². The predicted octanol–water partition coefficient (Wildman–Crippen LogP) is 2.67. The first kappa shape index (κ1) is 12.9. The van der Waals surface area contributed by atoms with Crippen molar-refractivity contribution in [1.82, 2.24) is 9.55 Å². The fraction of sp³-hybridized carbons (Fsp3) is 0.308. The maximum absolute atomic E-state index is 5.90. The average molecular weight is 266 g/mol. The van der Waals surface area contributed by atoms with Gasteiger partial charge in [0.05, 0.1) is 6.20 Å². The van der Waals surface area contributed by atoms with Gasteiger partial charge in [-0.15, -0.1) is 0 Å². The molecule has 5 heteroatoms. The van der Waals surface area contributed by atoms with Crippen molar-refractivity contribution in [2.45, 2.75) is 19.6 Å². The summed E-state index contributed by atoms with van der Waals surface area (Å²) in [4.78, 5) is 4.16. The maximum atomic E-state index is 5.90. The van der Waals surface area contributed by atoms with Gasteiger partial charge in [0.15, 0.2) is 0 Å². The molecule has 1 aromatic heterocycles. The van der Waals surface area contributed by atoms with Gasteiger partial charge in [0.2, 0.25) is 0 Å². The van der Waals surface area contributed by atoms with E-state index < -0.39 is 0 Å². The van der Waals surface area contributed by atoms with Gasteiger partial charge in [0.25, 0.3) is 0 Å². The minimum absolute atomic E-state index is 0.0346. The highest BCUT2D eigenvalue weighted by atomic mass is 35.5. The summed E-state index contributed by atoms with van der Waals surface area (Å²) in [6, 6.07) is 7.77. The normalized spacial score (nSPS) is 12.4. The third-order valence-corrected chi connectivity index (χ3v) is 3.15. The number of imidazole rings is 1. The fourth-order valence-corrected chi connectivity index (χ4v) is 1.72. The van der Waals surface area contributed by atoms with Gasteiger partial charge >= 0.3 is 0 Å². The quantitative estimate of drug-likeness (QED) is 0.925. The zero-order chi connectivity index (χ0) is 13.1. The topological polar surface area (TPSA) is 53.1 Å². The molecule has 0 bridgehead atoms. The van der Waals surface area contributed by atoms with Gasteiger partial charge < -0.3 is 15.0 Å². The highest BCUT2D eigenvalue weighted by molar-refractivity contribution is 6.29. The van der Waals surface area contributed by atoms with Crippen molar-refractivity contribution >= 4 is 11.6 Å². The molecule has 0 aliphatic carbocycles. The smallest absolute Gasteiger partial charge is 0.147 e.